The molecule has 0 bridgehead atoms. The minimum Gasteiger partial charge on any atom is -0.369 e. The molecule has 2 N–H and O–H groups in total. The summed E-state index contributed by atoms with van der Waals surface area (Å²) in [6, 6.07) is 1.62. The van der Waals surface area contributed by atoms with Gasteiger partial charge in [-0.1, -0.05) is 18.0 Å². The van der Waals surface area contributed by atoms with E-state index in [-0.39, 0.29) is 23.0 Å². The zero-order chi connectivity index (χ0) is 21.6. The monoisotopic (exact) mass is 466 g/mol. The Hall–Kier alpha value is -2.04. The van der Waals surface area contributed by atoms with Gasteiger partial charge in [-0.25, -0.2) is 27.8 Å². The molecule has 2 fully saturated rings. The lowest BCUT2D eigenvalue weighted by atomic mass is 10.0. The third-order valence-electron chi connectivity index (χ3n) is 6.16. The molecular formula is C20H24ClFN6O2S. The number of anilines is 2. The van der Waals surface area contributed by atoms with E-state index in [0.717, 1.165) is 49.7 Å². The molecule has 3 aliphatic rings. The van der Waals surface area contributed by atoms with E-state index in [1.165, 1.54) is 0 Å². The predicted molar refractivity (Wildman–Crippen MR) is 116 cm³/mol. The van der Waals surface area contributed by atoms with Crippen LogP contribution in [0, 0.1) is 5.82 Å². The molecule has 0 radical (unpaired) electrons. The molecule has 31 heavy (non-hydrogen) atoms. The van der Waals surface area contributed by atoms with Gasteiger partial charge in [0.05, 0.1) is 22.4 Å². The van der Waals surface area contributed by atoms with Crippen LogP contribution in [0.5, 0.6) is 0 Å². The van der Waals surface area contributed by atoms with E-state index >= 15 is 0 Å². The Balaban J connectivity index is 1.34. The van der Waals surface area contributed by atoms with Gasteiger partial charge in [-0.2, -0.15) is 4.31 Å². The molecule has 2 aromatic rings. The first kappa shape index (κ1) is 20.8. The van der Waals surface area contributed by atoms with E-state index in [9.17, 15) is 12.8 Å². The van der Waals surface area contributed by atoms with Gasteiger partial charge >= 0.3 is 0 Å². The maximum atomic E-state index is 14.5. The van der Waals surface area contributed by atoms with Crippen LogP contribution >= 0.6 is 11.6 Å². The Kier molecular flexibility index (Phi) is 5.47. The van der Waals surface area contributed by atoms with Gasteiger partial charge in [-0.3, -0.25) is 0 Å². The Labute approximate surface area is 185 Å². The fraction of sp³-hybridized carbons (Fsp3) is 0.550. The largest absolute Gasteiger partial charge is 0.369 e. The van der Waals surface area contributed by atoms with Crippen LogP contribution in [0.2, 0.25) is 5.02 Å². The minimum absolute atomic E-state index is 0.0859. The Morgan fingerprint density at radius 2 is 2.06 bits per heavy atom. The van der Waals surface area contributed by atoms with Crippen molar-refractivity contribution in [2.45, 2.75) is 49.3 Å². The summed E-state index contributed by atoms with van der Waals surface area (Å²) in [5.41, 5.74) is 0.874. The first-order valence-corrected chi connectivity index (χ1v) is 12.5. The maximum Gasteiger partial charge on any atom is 0.217 e. The molecule has 8 nitrogen and oxygen atoms in total. The molecule has 2 aromatic heterocycles. The summed E-state index contributed by atoms with van der Waals surface area (Å²) in [7, 11) is -3.27. The quantitative estimate of drug-likeness (QED) is 0.675. The molecule has 2 atom stereocenters. The van der Waals surface area contributed by atoms with Crippen molar-refractivity contribution in [1.29, 1.82) is 0 Å². The summed E-state index contributed by atoms with van der Waals surface area (Å²) in [5, 5.41) is 6.52. The normalized spacial score (nSPS) is 23.9. The third kappa shape index (κ3) is 4.08. The average molecular weight is 467 g/mol. The molecule has 0 amide bonds. The molecular weight excluding hydrogens is 443 g/mol. The molecule has 1 unspecified atom stereocenters. The molecule has 1 saturated heterocycles. The Morgan fingerprint density at radius 3 is 2.87 bits per heavy atom. The van der Waals surface area contributed by atoms with Gasteiger partial charge in [0.1, 0.15) is 11.6 Å². The summed E-state index contributed by atoms with van der Waals surface area (Å²) < 4.78 is 41.7. The minimum atomic E-state index is -3.27. The van der Waals surface area contributed by atoms with Crippen molar-refractivity contribution in [2.75, 3.05) is 30.3 Å². The maximum absolute atomic E-state index is 14.5. The highest BCUT2D eigenvalue weighted by atomic mass is 35.5. The highest BCUT2D eigenvalue weighted by Crippen LogP contribution is 2.36. The molecule has 5 rings (SSSR count). The van der Waals surface area contributed by atoms with Crippen LogP contribution in [-0.2, 0) is 10.0 Å². The fourth-order valence-corrected chi connectivity index (χ4v) is 6.63. The second-order valence-electron chi connectivity index (χ2n) is 8.34. The number of hydrogen-bond donors (Lipinski definition) is 2. The smallest absolute Gasteiger partial charge is 0.217 e. The molecule has 0 spiro atoms. The average Bonchev–Trinajstić information content (AvgIpc) is 3.55. The number of hydrogen-bond acceptors (Lipinski definition) is 7. The van der Waals surface area contributed by atoms with Crippen LogP contribution in [0.15, 0.2) is 18.5 Å². The zero-order valence-corrected chi connectivity index (χ0v) is 18.5. The van der Waals surface area contributed by atoms with Crippen molar-refractivity contribution >= 4 is 33.3 Å². The van der Waals surface area contributed by atoms with Gasteiger partial charge in [0.25, 0.3) is 0 Å². The summed E-state index contributed by atoms with van der Waals surface area (Å²) in [6.07, 6.45) is 6.76. The molecule has 1 saturated carbocycles. The number of sulfonamides is 1. The van der Waals surface area contributed by atoms with Crippen LogP contribution < -0.4 is 10.6 Å². The summed E-state index contributed by atoms with van der Waals surface area (Å²) >= 11 is 6.09. The van der Waals surface area contributed by atoms with Crippen LogP contribution in [0.3, 0.4) is 0 Å². The Morgan fingerprint density at radius 1 is 1.23 bits per heavy atom. The molecule has 0 aromatic carbocycles. The van der Waals surface area contributed by atoms with Gasteiger partial charge in [-0.05, 0) is 31.7 Å². The lowest BCUT2D eigenvalue weighted by Gasteiger charge is -2.35. The first-order chi connectivity index (χ1) is 14.9. The Bertz CT molecular complexity index is 1100. The van der Waals surface area contributed by atoms with Crippen molar-refractivity contribution in [3.8, 4) is 0 Å². The van der Waals surface area contributed by atoms with Crippen LogP contribution in [0.25, 0.3) is 0 Å². The predicted octanol–water partition coefficient (Wildman–Crippen LogP) is 2.98. The van der Waals surface area contributed by atoms with Gasteiger partial charge in [0, 0.05) is 37.4 Å². The molecule has 2 aliphatic heterocycles. The number of rotatable bonds is 6. The number of aromatic nitrogens is 3. The number of nitrogens with zero attached hydrogens (tertiary/aromatic N) is 4. The third-order valence-corrected chi connectivity index (χ3v) is 8.81. The second kappa shape index (κ2) is 8.14. The highest BCUT2D eigenvalue weighted by molar-refractivity contribution is 7.90. The van der Waals surface area contributed by atoms with Crippen LogP contribution in [0.4, 0.5) is 16.0 Å². The van der Waals surface area contributed by atoms with Gasteiger partial charge in [0.2, 0.25) is 10.0 Å². The van der Waals surface area contributed by atoms with Crippen molar-refractivity contribution in [3.63, 3.8) is 0 Å². The van der Waals surface area contributed by atoms with Crippen molar-refractivity contribution in [3.05, 3.63) is 40.7 Å². The number of halogens is 2. The van der Waals surface area contributed by atoms with E-state index in [1.807, 2.05) is 6.07 Å². The number of nitrogens with one attached hydrogen (secondary N) is 2. The molecule has 4 heterocycles. The van der Waals surface area contributed by atoms with Crippen molar-refractivity contribution in [2.24, 2.45) is 0 Å². The fourth-order valence-electron chi connectivity index (χ4n) is 4.36. The van der Waals surface area contributed by atoms with E-state index in [2.05, 4.69) is 25.6 Å². The summed E-state index contributed by atoms with van der Waals surface area (Å²) in [4.78, 5) is 12.9. The van der Waals surface area contributed by atoms with E-state index in [0.29, 0.717) is 30.5 Å². The number of piperidine rings is 1. The zero-order valence-electron chi connectivity index (χ0n) is 16.9. The number of fused-ring (bicyclic) bond motifs is 1. The van der Waals surface area contributed by atoms with E-state index < -0.39 is 15.8 Å². The van der Waals surface area contributed by atoms with Crippen molar-refractivity contribution in [1.82, 2.24) is 19.3 Å². The van der Waals surface area contributed by atoms with Crippen molar-refractivity contribution < 1.29 is 12.8 Å². The molecule has 1 aliphatic carbocycles. The van der Waals surface area contributed by atoms with Gasteiger partial charge in [0.15, 0.2) is 11.6 Å². The first-order valence-electron chi connectivity index (χ1n) is 10.6. The lowest BCUT2D eigenvalue weighted by Crippen LogP contribution is -2.48. The number of pyridine rings is 1. The van der Waals surface area contributed by atoms with E-state index in [1.54, 1.807) is 10.5 Å². The standard InChI is InChI=1S/C20H24ClFN6O2S/c21-12-7-15-16(10-25-18(15)23-8-12)19-26-11-17(22)20(27-19)24-9-13-3-1-2-6-28(13)31(29,30)14-4-5-14/h7-8,11,13-14,16H,1-6,9-10H2,(H,23,25)(H,24,26,27)/t13-,16?/m0/s1. The van der Waals surface area contributed by atoms with Gasteiger partial charge < -0.3 is 10.6 Å². The molecule has 11 heteroatoms. The lowest BCUT2D eigenvalue weighted by molar-refractivity contribution is 0.261. The van der Waals surface area contributed by atoms with Crippen LogP contribution in [0.1, 0.15) is 49.4 Å². The van der Waals surface area contributed by atoms with E-state index in [4.69, 9.17) is 11.6 Å². The summed E-state index contributed by atoms with van der Waals surface area (Å²) in [5.74, 6) is 0.517. The molecule has 166 valence electrons. The second-order valence-corrected chi connectivity index (χ2v) is 10.9. The summed E-state index contributed by atoms with van der Waals surface area (Å²) in [6.45, 7) is 1.39. The van der Waals surface area contributed by atoms with Crippen LogP contribution in [-0.4, -0.2) is 58.6 Å². The van der Waals surface area contributed by atoms with Gasteiger partial charge in [-0.15, -0.1) is 0 Å². The topological polar surface area (TPSA) is 100 Å². The highest BCUT2D eigenvalue weighted by Gasteiger charge is 2.43. The SMILES string of the molecule is O=S(=O)(C1CC1)N1CCCC[C@H]1CNc1nc(C2CNc3ncc(Cl)cc32)ncc1F.